The van der Waals surface area contributed by atoms with Crippen molar-refractivity contribution in [3.05, 3.63) is 36.2 Å². The average Bonchev–Trinajstić information content (AvgIpc) is 2.75. The molecule has 1 N–H and O–H groups in total. The van der Waals surface area contributed by atoms with Crippen LogP contribution in [0, 0.1) is 6.92 Å². The first-order valence-electron chi connectivity index (χ1n) is 10.5. The van der Waals surface area contributed by atoms with E-state index in [4.69, 9.17) is 9.47 Å². The largest absolute Gasteiger partial charge is 0.485 e. The van der Waals surface area contributed by atoms with Crippen molar-refractivity contribution in [1.82, 2.24) is 14.9 Å². The van der Waals surface area contributed by atoms with Gasteiger partial charge in [-0.2, -0.15) is 0 Å². The summed E-state index contributed by atoms with van der Waals surface area (Å²) in [5, 5.41) is 3.35. The highest BCUT2D eigenvalue weighted by Gasteiger charge is 2.33. The van der Waals surface area contributed by atoms with Crippen LogP contribution in [0.15, 0.2) is 30.6 Å². The van der Waals surface area contributed by atoms with Gasteiger partial charge < -0.3 is 24.6 Å². The van der Waals surface area contributed by atoms with Crippen LogP contribution >= 0.6 is 0 Å². The number of aryl methyl sites for hydroxylation is 1. The molecule has 3 heterocycles. The predicted octanol–water partition coefficient (Wildman–Crippen LogP) is 3.74. The van der Waals surface area contributed by atoms with Gasteiger partial charge in [0.05, 0.1) is 12.6 Å². The Morgan fingerprint density at radius 3 is 2.60 bits per heavy atom. The number of piperidine rings is 1. The van der Waals surface area contributed by atoms with Crippen molar-refractivity contribution in [2.75, 3.05) is 36.5 Å². The highest BCUT2D eigenvalue weighted by atomic mass is 16.6. The van der Waals surface area contributed by atoms with Crippen LogP contribution < -0.4 is 15.0 Å². The molecule has 2 aromatic rings. The molecule has 2 aliphatic rings. The van der Waals surface area contributed by atoms with E-state index >= 15 is 0 Å². The van der Waals surface area contributed by atoms with Gasteiger partial charge in [0.2, 0.25) is 5.75 Å². The molecule has 1 fully saturated rings. The summed E-state index contributed by atoms with van der Waals surface area (Å²) in [6.07, 6.45) is 3.00. The number of carbonyl (C=O) groups is 1. The second kappa shape index (κ2) is 8.77. The van der Waals surface area contributed by atoms with Crippen molar-refractivity contribution in [3.8, 4) is 5.75 Å². The first-order chi connectivity index (χ1) is 14.5. The summed E-state index contributed by atoms with van der Waals surface area (Å²) in [7, 11) is 0. The Kier molecular flexibility index (Phi) is 5.92. The van der Waals surface area contributed by atoms with E-state index in [0.717, 1.165) is 30.9 Å². The third kappa shape index (κ3) is 4.42. The van der Waals surface area contributed by atoms with E-state index in [1.165, 1.54) is 5.56 Å². The van der Waals surface area contributed by atoms with Gasteiger partial charge in [-0.25, -0.2) is 14.8 Å². The second-order valence-corrected chi connectivity index (χ2v) is 8.06. The number of anilines is 3. The molecule has 0 spiro atoms. The summed E-state index contributed by atoms with van der Waals surface area (Å²) >= 11 is 0. The molecular formula is C22H29N5O3. The summed E-state index contributed by atoms with van der Waals surface area (Å²) in [6, 6.07) is 8.47. The molecule has 160 valence electrons. The molecule has 2 aliphatic heterocycles. The maximum atomic E-state index is 12.2. The topological polar surface area (TPSA) is 79.8 Å². The molecule has 8 nitrogen and oxygen atoms in total. The Morgan fingerprint density at radius 1 is 1.17 bits per heavy atom. The van der Waals surface area contributed by atoms with Crippen molar-refractivity contribution in [1.29, 1.82) is 0 Å². The molecule has 0 bridgehead atoms. The summed E-state index contributed by atoms with van der Waals surface area (Å²) in [4.78, 5) is 25.2. The van der Waals surface area contributed by atoms with E-state index in [1.54, 1.807) is 11.2 Å². The van der Waals surface area contributed by atoms with Crippen molar-refractivity contribution in [2.24, 2.45) is 0 Å². The van der Waals surface area contributed by atoms with Gasteiger partial charge in [-0.1, -0.05) is 17.7 Å². The van der Waals surface area contributed by atoms with Gasteiger partial charge in [-0.15, -0.1) is 0 Å². The Morgan fingerprint density at radius 2 is 1.90 bits per heavy atom. The van der Waals surface area contributed by atoms with E-state index in [1.807, 2.05) is 26.0 Å². The SMILES string of the molecule is Cc1ccc(Nc2ncnc3c2OCCN3C2CCN(C(=O)OC(C)C)CC2)cc1. The summed E-state index contributed by atoms with van der Waals surface area (Å²) in [5.74, 6) is 2.17. The second-order valence-electron chi connectivity index (χ2n) is 8.06. The zero-order valence-electron chi connectivity index (χ0n) is 17.8. The van der Waals surface area contributed by atoms with Gasteiger partial charge in [0.15, 0.2) is 11.6 Å². The molecule has 30 heavy (non-hydrogen) atoms. The lowest BCUT2D eigenvalue weighted by Crippen LogP contribution is -2.49. The van der Waals surface area contributed by atoms with Crippen LogP contribution in [0.2, 0.25) is 0 Å². The number of rotatable bonds is 4. The van der Waals surface area contributed by atoms with Crippen LogP contribution in [-0.2, 0) is 4.74 Å². The van der Waals surface area contributed by atoms with E-state index in [2.05, 4.69) is 39.2 Å². The molecule has 1 amide bonds. The minimum absolute atomic E-state index is 0.0995. The zero-order chi connectivity index (χ0) is 21.1. The molecule has 0 radical (unpaired) electrons. The van der Waals surface area contributed by atoms with Gasteiger partial charge in [0.25, 0.3) is 0 Å². The zero-order valence-corrected chi connectivity index (χ0v) is 17.8. The van der Waals surface area contributed by atoms with Gasteiger partial charge >= 0.3 is 6.09 Å². The van der Waals surface area contributed by atoms with Crippen LogP contribution in [0.3, 0.4) is 0 Å². The Labute approximate surface area is 177 Å². The number of fused-ring (bicyclic) bond motifs is 1. The van der Waals surface area contributed by atoms with Crippen LogP contribution in [0.5, 0.6) is 5.75 Å². The number of likely N-dealkylation sites (tertiary alicyclic amines) is 1. The molecule has 0 unspecified atom stereocenters. The van der Waals surface area contributed by atoms with E-state index in [0.29, 0.717) is 37.3 Å². The van der Waals surface area contributed by atoms with Gasteiger partial charge in [-0.05, 0) is 45.7 Å². The van der Waals surface area contributed by atoms with Crippen molar-refractivity contribution < 1.29 is 14.3 Å². The normalized spacial score (nSPS) is 16.8. The summed E-state index contributed by atoms with van der Waals surface area (Å²) in [6.45, 7) is 8.53. The molecule has 0 saturated carbocycles. The van der Waals surface area contributed by atoms with Crippen molar-refractivity contribution in [2.45, 2.75) is 45.8 Å². The van der Waals surface area contributed by atoms with Crippen LogP contribution in [-0.4, -0.2) is 59.3 Å². The number of hydrogen-bond acceptors (Lipinski definition) is 7. The number of carbonyl (C=O) groups excluding carboxylic acids is 1. The smallest absolute Gasteiger partial charge is 0.410 e. The van der Waals surface area contributed by atoms with Gasteiger partial charge in [0, 0.05) is 24.8 Å². The fraction of sp³-hybridized carbons (Fsp3) is 0.500. The third-order valence-corrected chi connectivity index (χ3v) is 5.45. The van der Waals surface area contributed by atoms with Crippen molar-refractivity contribution >= 4 is 23.4 Å². The minimum Gasteiger partial charge on any atom is -0.485 e. The summed E-state index contributed by atoms with van der Waals surface area (Å²) in [5.41, 5.74) is 2.16. The Bertz CT molecular complexity index is 879. The number of ether oxygens (including phenoxy) is 2. The maximum absolute atomic E-state index is 12.2. The standard InChI is InChI=1S/C22H29N5O3/c1-15(2)30-22(28)26-10-8-18(9-11-26)27-12-13-29-19-20(23-14-24-21(19)27)25-17-6-4-16(3)5-7-17/h4-7,14-15,18H,8-13H2,1-3H3,(H,23,24,25). The van der Waals surface area contributed by atoms with Crippen LogP contribution in [0.1, 0.15) is 32.3 Å². The number of aromatic nitrogens is 2. The molecule has 1 saturated heterocycles. The van der Waals surface area contributed by atoms with Gasteiger partial charge in [0.1, 0.15) is 12.9 Å². The highest BCUT2D eigenvalue weighted by Crippen LogP contribution is 2.38. The third-order valence-electron chi connectivity index (χ3n) is 5.45. The molecule has 0 atom stereocenters. The molecule has 1 aromatic carbocycles. The number of amides is 1. The fourth-order valence-electron chi connectivity index (χ4n) is 3.91. The van der Waals surface area contributed by atoms with Crippen molar-refractivity contribution in [3.63, 3.8) is 0 Å². The number of hydrogen-bond donors (Lipinski definition) is 1. The lowest BCUT2D eigenvalue weighted by molar-refractivity contribution is 0.0687. The van der Waals surface area contributed by atoms with E-state index < -0.39 is 0 Å². The predicted molar refractivity (Wildman–Crippen MR) is 116 cm³/mol. The van der Waals surface area contributed by atoms with E-state index in [-0.39, 0.29) is 12.2 Å². The number of nitrogens with zero attached hydrogens (tertiary/aromatic N) is 4. The molecule has 1 aromatic heterocycles. The minimum atomic E-state index is -0.224. The monoisotopic (exact) mass is 411 g/mol. The average molecular weight is 412 g/mol. The fourth-order valence-corrected chi connectivity index (χ4v) is 3.91. The molecule has 4 rings (SSSR count). The van der Waals surface area contributed by atoms with Crippen LogP contribution in [0.25, 0.3) is 0 Å². The quantitative estimate of drug-likeness (QED) is 0.821. The Balaban J connectivity index is 1.47. The first-order valence-corrected chi connectivity index (χ1v) is 10.5. The number of nitrogens with one attached hydrogen (secondary N) is 1. The number of benzene rings is 1. The Hall–Kier alpha value is -3.03. The lowest BCUT2D eigenvalue weighted by Gasteiger charge is -2.41. The van der Waals surface area contributed by atoms with E-state index in [9.17, 15) is 4.79 Å². The molecule has 0 aliphatic carbocycles. The maximum Gasteiger partial charge on any atom is 0.410 e. The first kappa shape index (κ1) is 20.3. The highest BCUT2D eigenvalue weighted by molar-refractivity contribution is 5.71. The molecule has 8 heteroatoms. The molecular weight excluding hydrogens is 382 g/mol. The van der Waals surface area contributed by atoms with Crippen LogP contribution in [0.4, 0.5) is 22.1 Å². The van der Waals surface area contributed by atoms with Gasteiger partial charge in [-0.3, -0.25) is 0 Å². The lowest BCUT2D eigenvalue weighted by atomic mass is 10.0. The summed E-state index contributed by atoms with van der Waals surface area (Å²) < 4.78 is 11.3.